The third-order valence-electron chi connectivity index (χ3n) is 11.0. The lowest BCUT2D eigenvalue weighted by molar-refractivity contribution is -0.0747. The highest BCUT2D eigenvalue weighted by molar-refractivity contribution is 7.90. The molecule has 6 nitrogen and oxygen atoms in total. The summed E-state index contributed by atoms with van der Waals surface area (Å²) in [6.45, 7) is 11.7. The van der Waals surface area contributed by atoms with E-state index >= 15 is 4.39 Å². The van der Waals surface area contributed by atoms with Crippen molar-refractivity contribution in [3.63, 3.8) is 0 Å². The van der Waals surface area contributed by atoms with E-state index in [4.69, 9.17) is 9.52 Å². The monoisotopic (exact) mass is 575 g/mol. The van der Waals surface area contributed by atoms with Crippen molar-refractivity contribution in [3.05, 3.63) is 29.1 Å². The van der Waals surface area contributed by atoms with Gasteiger partial charge < -0.3 is 4.74 Å². The molecule has 6 fully saturated rings. The van der Waals surface area contributed by atoms with Gasteiger partial charge in [0.1, 0.15) is 11.6 Å². The molecule has 7 rings (SSSR count). The molecule has 9 heteroatoms. The summed E-state index contributed by atoms with van der Waals surface area (Å²) in [6, 6.07) is 3.09. The summed E-state index contributed by atoms with van der Waals surface area (Å²) in [7, 11) is -6.35. The maximum absolute atomic E-state index is 15.9. The van der Waals surface area contributed by atoms with Gasteiger partial charge in [-0.25, -0.2) is 17.7 Å². The number of ether oxygens (including phenoxy) is 1. The molecule has 1 saturated heterocycles. The molecule has 0 spiro atoms. The normalized spacial score (nSPS) is 32.0. The Hall–Kier alpha value is -1.45. The molecule has 1 unspecified atom stereocenters. The SMILES string of the molecule is CC(C)(C)[Si](C)(C)N(C(=O)c1cc(C2CC2)c(OCC23CC4CC(CC(C4)C2)C3)cc1F)S(=N)(=O)N1CCC1. The first-order valence-corrected chi connectivity index (χ1v) is 19.5. The lowest BCUT2D eigenvalue weighted by atomic mass is 9.50. The molecule has 216 valence electrons. The van der Waals surface area contributed by atoms with E-state index in [0.29, 0.717) is 25.4 Å². The van der Waals surface area contributed by atoms with Gasteiger partial charge in [0.25, 0.3) is 5.91 Å². The van der Waals surface area contributed by atoms with E-state index in [0.717, 1.165) is 42.6 Å². The van der Waals surface area contributed by atoms with Crippen LogP contribution in [0.3, 0.4) is 0 Å². The number of benzene rings is 1. The average molecular weight is 576 g/mol. The van der Waals surface area contributed by atoms with E-state index in [1.54, 1.807) is 10.4 Å². The van der Waals surface area contributed by atoms with Crippen LogP contribution in [0.1, 0.15) is 100 Å². The van der Waals surface area contributed by atoms with Crippen molar-refractivity contribution in [3.8, 4) is 5.75 Å². The summed E-state index contributed by atoms with van der Waals surface area (Å²) in [5, 5.41) is -0.353. The van der Waals surface area contributed by atoms with E-state index in [2.05, 4.69) is 0 Å². The zero-order valence-electron chi connectivity index (χ0n) is 24.4. The van der Waals surface area contributed by atoms with Gasteiger partial charge in [-0.2, -0.15) is 0 Å². The second-order valence-corrected chi connectivity index (χ2v) is 22.3. The number of nitrogens with one attached hydrogen (secondary N) is 1. The number of hydrogen-bond acceptors (Lipinski definition) is 4. The van der Waals surface area contributed by atoms with Crippen LogP contribution in [0.15, 0.2) is 12.1 Å². The predicted octanol–water partition coefficient (Wildman–Crippen LogP) is 7.33. The van der Waals surface area contributed by atoms with Gasteiger partial charge >= 0.3 is 0 Å². The fraction of sp³-hybridized carbons (Fsp3) is 0.767. The minimum absolute atomic E-state index is 0.0654. The first-order valence-electron chi connectivity index (χ1n) is 15.0. The Kier molecular flexibility index (Phi) is 6.59. The molecule has 1 aromatic carbocycles. The molecule has 5 saturated carbocycles. The lowest BCUT2D eigenvalue weighted by Crippen LogP contribution is -2.64. The number of carbonyl (C=O) groups excluding carboxylic acids is 1. The number of hydrogen-bond donors (Lipinski definition) is 1. The van der Waals surface area contributed by atoms with Gasteiger partial charge in [0.15, 0.2) is 18.3 Å². The second-order valence-electron chi connectivity index (χ2n) is 15.0. The molecular formula is C30H46FN3O3SSi. The van der Waals surface area contributed by atoms with Gasteiger partial charge in [-0.15, -0.1) is 0 Å². The number of carbonyl (C=O) groups is 1. The topological polar surface area (TPSA) is 73.7 Å². The van der Waals surface area contributed by atoms with Crippen LogP contribution in [-0.4, -0.2) is 46.3 Å². The highest BCUT2D eigenvalue weighted by Gasteiger charge is 2.52. The molecule has 6 aliphatic rings. The van der Waals surface area contributed by atoms with E-state index in [1.807, 2.05) is 33.9 Å². The van der Waals surface area contributed by atoms with Gasteiger partial charge in [0, 0.05) is 24.6 Å². The van der Waals surface area contributed by atoms with Gasteiger partial charge in [0.2, 0.25) is 0 Å². The number of amides is 1. The first-order chi connectivity index (χ1) is 18.2. The van der Waals surface area contributed by atoms with Crippen LogP contribution in [0.2, 0.25) is 18.1 Å². The largest absolute Gasteiger partial charge is 0.493 e. The van der Waals surface area contributed by atoms with Crippen LogP contribution < -0.4 is 4.74 Å². The fourth-order valence-electron chi connectivity index (χ4n) is 8.01. The number of nitrogens with zero attached hydrogens (tertiary/aromatic N) is 2. The predicted molar refractivity (Wildman–Crippen MR) is 155 cm³/mol. The summed E-state index contributed by atoms with van der Waals surface area (Å²) in [5.41, 5.74) is 1.05. The second kappa shape index (κ2) is 9.28. The molecular weight excluding hydrogens is 529 g/mol. The van der Waals surface area contributed by atoms with E-state index in [-0.39, 0.29) is 21.9 Å². The lowest BCUT2D eigenvalue weighted by Gasteiger charge is -2.56. The standard InChI is InChI=1S/C30H46FN3O3SSi/c1-29(2,3)39(4,5)34(38(32,36)33-9-6-10-33)28(35)25-14-24(23-7-8-23)27(15-26(25)31)37-19-30-16-20-11-21(17-30)13-22(12-20)18-30/h14-15,20-23,32H,6-13,16-19H2,1-5H3. The van der Waals surface area contributed by atoms with E-state index in [1.165, 1.54) is 48.6 Å². The Balaban J connectivity index is 1.32. The van der Waals surface area contributed by atoms with Crippen molar-refractivity contribution in [2.24, 2.45) is 23.2 Å². The molecule has 5 aliphatic carbocycles. The summed E-state index contributed by atoms with van der Waals surface area (Å²) in [5.74, 6) is 2.08. The van der Waals surface area contributed by atoms with Crippen LogP contribution in [0, 0.1) is 33.8 Å². The molecule has 39 heavy (non-hydrogen) atoms. The maximum atomic E-state index is 15.9. The molecule has 1 atom stereocenters. The fourth-order valence-corrected chi connectivity index (χ4v) is 14.2. The number of halogens is 1. The Bertz CT molecular complexity index is 1230. The molecule has 1 aromatic rings. The van der Waals surface area contributed by atoms with Crippen LogP contribution >= 0.6 is 0 Å². The first kappa shape index (κ1) is 27.7. The average Bonchev–Trinajstić information content (AvgIpc) is 3.59. The summed E-state index contributed by atoms with van der Waals surface area (Å²) >= 11 is 0. The summed E-state index contributed by atoms with van der Waals surface area (Å²) < 4.78 is 48.2. The Morgan fingerprint density at radius 3 is 2.15 bits per heavy atom. The summed E-state index contributed by atoms with van der Waals surface area (Å²) in [6.07, 6.45) is 10.7. The van der Waals surface area contributed by atoms with E-state index < -0.39 is 30.1 Å². The van der Waals surface area contributed by atoms with Crippen LogP contribution in [0.4, 0.5) is 4.39 Å². The van der Waals surface area contributed by atoms with Crippen molar-refractivity contribution in [1.29, 1.82) is 4.78 Å². The van der Waals surface area contributed by atoms with Crippen LogP contribution in [0.25, 0.3) is 0 Å². The van der Waals surface area contributed by atoms with Crippen molar-refractivity contribution in [2.45, 2.75) is 103 Å². The summed E-state index contributed by atoms with van der Waals surface area (Å²) in [4.78, 5) is 14.2. The van der Waals surface area contributed by atoms with Gasteiger partial charge in [-0.05, 0) is 111 Å². The Labute approximate surface area is 235 Å². The molecule has 1 N–H and O–H groups in total. The van der Waals surface area contributed by atoms with Crippen molar-refractivity contribution in [1.82, 2.24) is 8.28 Å². The van der Waals surface area contributed by atoms with Crippen LogP contribution in [-0.2, 0) is 10.1 Å². The Morgan fingerprint density at radius 1 is 1.13 bits per heavy atom. The quantitative estimate of drug-likeness (QED) is 0.330. The molecule has 4 bridgehead atoms. The molecule has 0 radical (unpaired) electrons. The molecule has 1 heterocycles. The molecule has 1 amide bonds. The zero-order chi connectivity index (χ0) is 28.0. The minimum Gasteiger partial charge on any atom is -0.493 e. The van der Waals surface area contributed by atoms with Gasteiger partial charge in [-0.3, -0.25) is 8.77 Å². The molecule has 1 aliphatic heterocycles. The minimum atomic E-state index is -3.55. The van der Waals surface area contributed by atoms with Gasteiger partial charge in [-0.1, -0.05) is 20.8 Å². The molecule has 0 aromatic heterocycles. The highest BCUT2D eigenvalue weighted by Crippen LogP contribution is 2.60. The number of rotatable bonds is 8. The maximum Gasteiger partial charge on any atom is 0.262 e. The third-order valence-corrected chi connectivity index (χ3v) is 19.7. The van der Waals surface area contributed by atoms with Crippen molar-refractivity contribution in [2.75, 3.05) is 19.7 Å². The zero-order valence-corrected chi connectivity index (χ0v) is 26.2. The van der Waals surface area contributed by atoms with E-state index in [9.17, 15) is 9.00 Å². The third kappa shape index (κ3) is 4.78. The smallest absolute Gasteiger partial charge is 0.262 e. The highest BCUT2D eigenvalue weighted by atomic mass is 32.2. The van der Waals surface area contributed by atoms with Gasteiger partial charge in [0.05, 0.1) is 12.2 Å². The van der Waals surface area contributed by atoms with Crippen molar-refractivity contribution >= 4 is 24.2 Å². The Morgan fingerprint density at radius 2 is 1.69 bits per heavy atom. The van der Waals surface area contributed by atoms with Crippen LogP contribution in [0.5, 0.6) is 5.75 Å². The van der Waals surface area contributed by atoms with Crippen molar-refractivity contribution < 1.29 is 18.1 Å².